The van der Waals surface area contributed by atoms with Crippen LogP contribution in [0.2, 0.25) is 0 Å². The molecule has 0 bridgehead atoms. The first-order valence-electron chi connectivity index (χ1n) is 8.38. The van der Waals surface area contributed by atoms with Gasteiger partial charge in [-0.25, -0.2) is 0 Å². The van der Waals surface area contributed by atoms with E-state index in [-0.39, 0.29) is 23.7 Å². The van der Waals surface area contributed by atoms with E-state index in [0.717, 1.165) is 6.54 Å². The van der Waals surface area contributed by atoms with Crippen molar-refractivity contribution in [1.82, 2.24) is 10.2 Å². The van der Waals surface area contributed by atoms with E-state index < -0.39 is 4.92 Å². The van der Waals surface area contributed by atoms with Gasteiger partial charge in [-0.05, 0) is 40.1 Å². The Balaban J connectivity index is 2.25. The van der Waals surface area contributed by atoms with Gasteiger partial charge in [-0.3, -0.25) is 14.9 Å². The van der Waals surface area contributed by atoms with E-state index in [0.29, 0.717) is 30.9 Å². The first kappa shape index (κ1) is 19.1. The van der Waals surface area contributed by atoms with Crippen LogP contribution in [-0.4, -0.2) is 68.2 Å². The molecule has 1 N–H and O–H groups in total. The van der Waals surface area contributed by atoms with Gasteiger partial charge in [0.1, 0.15) is 5.69 Å². The topological polar surface area (TPSA) is 88.0 Å². The van der Waals surface area contributed by atoms with Crippen molar-refractivity contribution in [1.29, 1.82) is 0 Å². The summed E-state index contributed by atoms with van der Waals surface area (Å²) in [6, 6.07) is 4.61. The van der Waals surface area contributed by atoms with Crippen LogP contribution in [0.15, 0.2) is 18.2 Å². The molecule has 2 rings (SSSR count). The van der Waals surface area contributed by atoms with E-state index >= 15 is 0 Å². The molecule has 1 aliphatic heterocycles. The molecule has 0 aromatic heterocycles. The first-order chi connectivity index (χ1) is 11.8. The summed E-state index contributed by atoms with van der Waals surface area (Å²) in [6.07, 6.45) is -0.00716. The smallest absolute Gasteiger partial charge is 0.293 e. The minimum Gasteiger partial charge on any atom is -0.373 e. The summed E-state index contributed by atoms with van der Waals surface area (Å²) in [6.45, 7) is 6.13. The molecule has 25 heavy (non-hydrogen) atoms. The number of carbonyl (C=O) groups is 1. The summed E-state index contributed by atoms with van der Waals surface area (Å²) >= 11 is 0. The molecule has 8 nitrogen and oxygen atoms in total. The van der Waals surface area contributed by atoms with Crippen molar-refractivity contribution in [3.05, 3.63) is 33.9 Å². The minimum absolute atomic E-state index is 0.00716. The molecule has 1 unspecified atom stereocenters. The molecule has 138 valence electrons. The van der Waals surface area contributed by atoms with Gasteiger partial charge in [0.2, 0.25) is 0 Å². The lowest BCUT2D eigenvalue weighted by atomic mass is 10.1. The number of anilines is 1. The van der Waals surface area contributed by atoms with E-state index in [2.05, 4.69) is 5.32 Å². The van der Waals surface area contributed by atoms with Crippen molar-refractivity contribution < 1.29 is 14.5 Å². The van der Waals surface area contributed by atoms with Gasteiger partial charge < -0.3 is 19.9 Å². The molecule has 1 atom stereocenters. The number of likely N-dealkylation sites (N-methyl/N-ethyl adjacent to an activating group) is 1. The van der Waals surface area contributed by atoms with E-state index in [9.17, 15) is 14.9 Å². The molecule has 1 heterocycles. The van der Waals surface area contributed by atoms with Crippen LogP contribution in [0.4, 0.5) is 11.4 Å². The van der Waals surface area contributed by atoms with Gasteiger partial charge in [-0.2, -0.15) is 0 Å². The number of hydrogen-bond donors (Lipinski definition) is 1. The third-order valence-electron chi connectivity index (χ3n) is 3.90. The van der Waals surface area contributed by atoms with Crippen molar-refractivity contribution in [2.45, 2.75) is 26.0 Å². The average Bonchev–Trinajstić information content (AvgIpc) is 2.53. The van der Waals surface area contributed by atoms with Crippen LogP contribution in [-0.2, 0) is 4.74 Å². The highest BCUT2D eigenvalue weighted by molar-refractivity contribution is 5.96. The molecule has 1 aliphatic rings. The van der Waals surface area contributed by atoms with Crippen LogP contribution in [0, 0.1) is 10.1 Å². The standard InChI is InChI=1S/C17H26N4O4/c1-12(2)18-17(22)13-5-6-15(16(9-13)21(23)24)20-7-8-25-14(11-20)10-19(3)4/h5-6,9,12,14H,7-8,10-11H2,1-4H3,(H,18,22). The van der Waals surface area contributed by atoms with Gasteiger partial charge in [0.05, 0.1) is 17.6 Å². The number of hydrogen-bond acceptors (Lipinski definition) is 6. The van der Waals surface area contributed by atoms with Gasteiger partial charge in [-0.1, -0.05) is 0 Å². The predicted octanol–water partition coefficient (Wildman–Crippen LogP) is 1.50. The van der Waals surface area contributed by atoms with Crippen LogP contribution in [0.5, 0.6) is 0 Å². The molecule has 8 heteroatoms. The second-order valence-corrected chi connectivity index (χ2v) is 6.79. The maximum Gasteiger partial charge on any atom is 0.293 e. The first-order valence-corrected chi connectivity index (χ1v) is 8.38. The Morgan fingerprint density at radius 3 is 2.80 bits per heavy atom. The molecule has 1 saturated heterocycles. The summed E-state index contributed by atoms with van der Waals surface area (Å²) in [7, 11) is 3.93. The highest BCUT2D eigenvalue weighted by Gasteiger charge is 2.27. The highest BCUT2D eigenvalue weighted by Crippen LogP contribution is 2.30. The molecule has 1 aromatic rings. The molecule has 1 fully saturated rings. The number of amides is 1. The summed E-state index contributed by atoms with van der Waals surface area (Å²) < 4.78 is 5.73. The van der Waals surface area contributed by atoms with E-state index in [4.69, 9.17) is 4.74 Å². The van der Waals surface area contributed by atoms with Crippen molar-refractivity contribution >= 4 is 17.3 Å². The van der Waals surface area contributed by atoms with Gasteiger partial charge >= 0.3 is 0 Å². The molecule has 1 aromatic carbocycles. The minimum atomic E-state index is -0.433. The average molecular weight is 350 g/mol. The van der Waals surface area contributed by atoms with Gasteiger partial charge in [0.25, 0.3) is 11.6 Å². The summed E-state index contributed by atoms with van der Waals surface area (Å²) in [4.78, 5) is 27.2. The Morgan fingerprint density at radius 1 is 1.48 bits per heavy atom. The monoisotopic (exact) mass is 350 g/mol. The van der Waals surface area contributed by atoms with Crippen molar-refractivity contribution in [2.24, 2.45) is 0 Å². The van der Waals surface area contributed by atoms with Gasteiger partial charge in [0, 0.05) is 37.3 Å². The second kappa shape index (κ2) is 8.26. The lowest BCUT2D eigenvalue weighted by molar-refractivity contribution is -0.384. The van der Waals surface area contributed by atoms with Gasteiger partial charge in [-0.15, -0.1) is 0 Å². The fraction of sp³-hybridized carbons (Fsp3) is 0.588. The van der Waals surface area contributed by atoms with E-state index in [1.165, 1.54) is 6.07 Å². The SMILES string of the molecule is CC(C)NC(=O)c1ccc(N2CCOC(CN(C)C)C2)c([N+](=O)[O-])c1. The second-order valence-electron chi connectivity index (χ2n) is 6.79. The molecule has 0 saturated carbocycles. The predicted molar refractivity (Wildman–Crippen MR) is 96.2 cm³/mol. The maximum absolute atomic E-state index is 12.1. The number of nitrogens with one attached hydrogen (secondary N) is 1. The lowest BCUT2D eigenvalue weighted by Crippen LogP contribution is -2.46. The Bertz CT molecular complexity index is 633. The largest absolute Gasteiger partial charge is 0.373 e. The zero-order valence-corrected chi connectivity index (χ0v) is 15.2. The molecule has 0 radical (unpaired) electrons. The van der Waals surface area contributed by atoms with E-state index in [1.54, 1.807) is 12.1 Å². The normalized spacial score (nSPS) is 17.8. The molecule has 0 spiro atoms. The molecular weight excluding hydrogens is 324 g/mol. The fourth-order valence-electron chi connectivity index (χ4n) is 2.88. The number of carbonyl (C=O) groups excluding carboxylic acids is 1. The number of benzene rings is 1. The van der Waals surface area contributed by atoms with Crippen LogP contribution in [0.25, 0.3) is 0 Å². The third-order valence-corrected chi connectivity index (χ3v) is 3.90. The maximum atomic E-state index is 12.1. The Morgan fingerprint density at radius 2 is 2.20 bits per heavy atom. The zero-order chi connectivity index (χ0) is 18.6. The summed E-state index contributed by atoms with van der Waals surface area (Å²) in [5.41, 5.74) is 0.766. The van der Waals surface area contributed by atoms with Crippen LogP contribution < -0.4 is 10.2 Å². The van der Waals surface area contributed by atoms with Crippen LogP contribution >= 0.6 is 0 Å². The Hall–Kier alpha value is -2.19. The van der Waals surface area contributed by atoms with Crippen molar-refractivity contribution in [2.75, 3.05) is 45.2 Å². The quantitative estimate of drug-likeness (QED) is 0.618. The third kappa shape index (κ3) is 5.14. The Kier molecular flexibility index (Phi) is 6.33. The zero-order valence-electron chi connectivity index (χ0n) is 15.2. The highest BCUT2D eigenvalue weighted by atomic mass is 16.6. The molecular formula is C17H26N4O4. The number of morpholine rings is 1. The number of rotatable bonds is 6. The van der Waals surface area contributed by atoms with Crippen molar-refractivity contribution in [3.8, 4) is 0 Å². The number of ether oxygens (including phenoxy) is 1. The number of nitro benzene ring substituents is 1. The number of nitro groups is 1. The van der Waals surface area contributed by atoms with Gasteiger partial charge in [0.15, 0.2) is 0 Å². The molecule has 1 amide bonds. The Labute approximate surface area is 147 Å². The van der Waals surface area contributed by atoms with Crippen LogP contribution in [0.3, 0.4) is 0 Å². The summed E-state index contributed by atoms with van der Waals surface area (Å²) in [5.74, 6) is -0.308. The van der Waals surface area contributed by atoms with Crippen LogP contribution in [0.1, 0.15) is 24.2 Å². The molecule has 0 aliphatic carbocycles. The summed E-state index contributed by atoms with van der Waals surface area (Å²) in [5, 5.41) is 14.3. The number of nitrogens with zero attached hydrogens (tertiary/aromatic N) is 3. The van der Waals surface area contributed by atoms with Crippen molar-refractivity contribution in [3.63, 3.8) is 0 Å². The van der Waals surface area contributed by atoms with E-state index in [1.807, 2.05) is 37.7 Å². The fourth-order valence-corrected chi connectivity index (χ4v) is 2.88. The lowest BCUT2D eigenvalue weighted by Gasteiger charge is -2.35.